The Bertz CT molecular complexity index is 613. The van der Waals surface area contributed by atoms with Crippen molar-refractivity contribution >= 4 is 16.6 Å². The summed E-state index contributed by atoms with van der Waals surface area (Å²) < 4.78 is 34.0. The maximum absolute atomic E-state index is 10.7. The van der Waals surface area contributed by atoms with Crippen LogP contribution >= 0.6 is 0 Å². The molecule has 0 spiro atoms. The number of hydrogen-bond donors (Lipinski definition) is 0. The summed E-state index contributed by atoms with van der Waals surface area (Å²) in [4.78, 5) is 12.5. The number of hydrogen-bond acceptors (Lipinski definition) is 6. The zero-order chi connectivity index (χ0) is 16.8. The number of nitro benzene ring substituents is 1. The third kappa shape index (κ3) is 6.85. The minimum absolute atomic E-state index is 0.128. The molecule has 0 radical (unpaired) electrons. The molecular weight excluding hydrogens is 334 g/mol. The van der Waals surface area contributed by atoms with E-state index in [9.17, 15) is 10.1 Å². The number of rotatable bonds is 3. The minimum Gasteiger partial charge on any atom is -0.258 e. The van der Waals surface area contributed by atoms with Gasteiger partial charge in [-0.2, -0.15) is 0 Å². The Labute approximate surface area is 131 Å². The van der Waals surface area contributed by atoms with E-state index in [1.54, 1.807) is 12.1 Å². The molecule has 0 saturated carbocycles. The fourth-order valence-electron chi connectivity index (χ4n) is 1.55. The number of nitro groups is 1. The van der Waals surface area contributed by atoms with Gasteiger partial charge in [0.25, 0.3) is 5.69 Å². The van der Waals surface area contributed by atoms with Crippen molar-refractivity contribution in [1.82, 2.24) is 0 Å². The van der Waals surface area contributed by atoms with Crippen LogP contribution < -0.4 is 18.6 Å². The first-order valence-corrected chi connectivity index (χ1v) is 8.62. The van der Waals surface area contributed by atoms with E-state index in [0.29, 0.717) is 0 Å². The van der Waals surface area contributed by atoms with Crippen LogP contribution in [-0.2, 0) is 10.9 Å². The van der Waals surface area contributed by atoms with Crippen molar-refractivity contribution in [2.24, 2.45) is 0 Å². The van der Waals surface area contributed by atoms with E-state index < -0.39 is 10.2 Å². The first-order valence-electron chi connectivity index (χ1n) is 5.75. The van der Waals surface area contributed by atoms with Gasteiger partial charge in [-0.15, -0.1) is 10.2 Å². The van der Waals surface area contributed by atoms with Gasteiger partial charge in [0.1, 0.15) is 6.26 Å². The molecule has 0 heterocycles. The average molecular weight is 346 g/mol. The molecule has 0 saturated heterocycles. The van der Waals surface area contributed by atoms with Gasteiger partial charge in [-0.25, -0.2) is 18.6 Å². The van der Waals surface area contributed by atoms with Crippen molar-refractivity contribution in [3.05, 3.63) is 64.7 Å². The number of benzene rings is 2. The number of nitrogens with zero attached hydrogens (tertiary/aromatic N) is 1. The fourth-order valence-corrected chi connectivity index (χ4v) is 2.97. The van der Waals surface area contributed by atoms with Crippen molar-refractivity contribution in [2.75, 3.05) is 6.26 Å². The Morgan fingerprint density at radius 1 is 0.909 bits per heavy atom. The van der Waals surface area contributed by atoms with Gasteiger partial charge in [-0.1, -0.05) is 24.3 Å². The number of non-ortho nitro benzene ring substituents is 1. The second-order valence-electron chi connectivity index (χ2n) is 3.96. The average Bonchev–Trinajstić information content (AvgIpc) is 2.46. The normalized spacial score (nSPS) is 12.0. The van der Waals surface area contributed by atoms with Crippen molar-refractivity contribution in [3.63, 3.8) is 0 Å². The van der Waals surface area contributed by atoms with E-state index in [1.165, 1.54) is 11.0 Å². The lowest BCUT2D eigenvalue weighted by Crippen LogP contribution is -2.68. The van der Waals surface area contributed by atoms with Gasteiger partial charge in [-0.3, -0.25) is 10.1 Å². The highest BCUT2D eigenvalue weighted by Crippen LogP contribution is 2.24. The third-order valence-electron chi connectivity index (χ3n) is 2.48. The minimum atomic E-state index is -4.94. The van der Waals surface area contributed by atoms with Gasteiger partial charge in [-0.05, 0) is 18.2 Å². The van der Waals surface area contributed by atoms with Gasteiger partial charge in [0, 0.05) is 6.07 Å². The molecule has 2 aromatic rings. The largest absolute Gasteiger partial charge is 0.274 e. The van der Waals surface area contributed by atoms with Crippen LogP contribution in [0.15, 0.2) is 64.4 Å². The molecule has 2 rings (SSSR count). The van der Waals surface area contributed by atoms with E-state index in [2.05, 4.69) is 6.26 Å². The van der Waals surface area contributed by atoms with Crippen molar-refractivity contribution in [1.29, 1.82) is 0 Å². The Balaban J connectivity index is 0.000000422. The summed E-state index contributed by atoms with van der Waals surface area (Å²) in [6, 6.07) is 16.9. The van der Waals surface area contributed by atoms with Crippen LogP contribution in [0.2, 0.25) is 0 Å². The van der Waals surface area contributed by atoms with Gasteiger partial charge in [0.15, 0.2) is 9.79 Å². The van der Waals surface area contributed by atoms with Gasteiger partial charge in [0.05, 0.1) is 21.9 Å². The lowest BCUT2D eigenvalue weighted by molar-refractivity contribution is -2.00. The molecule has 1 atom stereocenters. The molecule has 2 aromatic carbocycles. The number of halogens is 1. The van der Waals surface area contributed by atoms with Crippen LogP contribution in [0.25, 0.3) is 0 Å². The van der Waals surface area contributed by atoms with Crippen molar-refractivity contribution < 1.29 is 33.8 Å². The molecule has 1 unspecified atom stereocenters. The summed E-state index contributed by atoms with van der Waals surface area (Å²) in [5.74, 6) is 0. The third-order valence-corrected chi connectivity index (χ3v) is 4.42. The first kappa shape index (κ1) is 18.4. The van der Waals surface area contributed by atoms with Crippen LogP contribution in [-0.4, -0.2) is 11.2 Å². The van der Waals surface area contributed by atoms with E-state index in [-0.39, 0.29) is 21.5 Å². The molecule has 0 N–H and O–H groups in total. The molecule has 0 aromatic heterocycles. The topological polar surface area (TPSA) is 135 Å². The zero-order valence-corrected chi connectivity index (χ0v) is 13.0. The Kier molecular flexibility index (Phi) is 6.75. The summed E-state index contributed by atoms with van der Waals surface area (Å²) in [7, 11) is -5.07. The Hall–Kier alpha value is -1.68. The van der Waals surface area contributed by atoms with Crippen LogP contribution in [0, 0.1) is 20.4 Å². The highest BCUT2D eigenvalue weighted by molar-refractivity contribution is 7.96. The molecule has 7 nitrogen and oxygen atoms in total. The van der Waals surface area contributed by atoms with Gasteiger partial charge < -0.3 is 0 Å². The SMILES string of the molecule is C[S+](c1ccccc1)c1cccc([N+](=O)[O-])c1.[O-][Cl+3]([O-])([O-])[O-]. The Morgan fingerprint density at radius 2 is 1.41 bits per heavy atom. The molecule has 0 fully saturated rings. The molecule has 0 bridgehead atoms. The van der Waals surface area contributed by atoms with Gasteiger partial charge >= 0.3 is 0 Å². The second-order valence-corrected chi connectivity index (χ2v) is 6.68. The van der Waals surface area contributed by atoms with E-state index >= 15 is 0 Å². The standard InChI is InChI=1S/C13H12NO2S.ClHO4/c1-17(12-7-3-2-4-8-12)13-9-5-6-11(10-13)14(15)16;2-1(3,4)5/h2-10H,1H3;(H,2,3,4,5)/q+1;/p-1. The molecular formula is C13H12ClNO6S. The molecule has 9 heteroatoms. The summed E-state index contributed by atoms with van der Waals surface area (Å²) in [6.45, 7) is 0. The van der Waals surface area contributed by atoms with Crippen molar-refractivity contribution in [2.45, 2.75) is 9.79 Å². The van der Waals surface area contributed by atoms with E-state index in [0.717, 1.165) is 4.90 Å². The van der Waals surface area contributed by atoms with Gasteiger partial charge in [0.2, 0.25) is 0 Å². The van der Waals surface area contributed by atoms with Crippen molar-refractivity contribution in [3.8, 4) is 0 Å². The molecule has 0 aliphatic rings. The maximum Gasteiger partial charge on any atom is 0.274 e. The zero-order valence-electron chi connectivity index (χ0n) is 11.4. The highest BCUT2D eigenvalue weighted by Gasteiger charge is 2.21. The molecule has 0 amide bonds. The molecule has 0 aliphatic heterocycles. The smallest absolute Gasteiger partial charge is 0.258 e. The molecule has 118 valence electrons. The van der Waals surface area contributed by atoms with Crippen LogP contribution in [0.4, 0.5) is 5.69 Å². The van der Waals surface area contributed by atoms with Crippen LogP contribution in [0.5, 0.6) is 0 Å². The summed E-state index contributed by atoms with van der Waals surface area (Å²) in [6.07, 6.45) is 2.08. The van der Waals surface area contributed by atoms with Crippen LogP contribution in [0.1, 0.15) is 0 Å². The quantitative estimate of drug-likeness (QED) is 0.377. The summed E-state index contributed by atoms with van der Waals surface area (Å²) in [5.41, 5.74) is 0.151. The lowest BCUT2D eigenvalue weighted by atomic mass is 10.3. The summed E-state index contributed by atoms with van der Waals surface area (Å²) in [5, 5.41) is 10.7. The molecule has 0 aliphatic carbocycles. The monoisotopic (exact) mass is 345 g/mol. The Morgan fingerprint density at radius 3 is 1.91 bits per heavy atom. The molecule has 22 heavy (non-hydrogen) atoms. The lowest BCUT2D eigenvalue weighted by Gasteiger charge is -2.17. The predicted octanol–water partition coefficient (Wildman–Crippen LogP) is -1.50. The van der Waals surface area contributed by atoms with E-state index in [1.807, 2.05) is 36.4 Å². The fraction of sp³-hybridized carbons (Fsp3) is 0.0769. The second kappa shape index (κ2) is 8.08. The van der Waals surface area contributed by atoms with E-state index in [4.69, 9.17) is 18.6 Å². The summed E-state index contributed by atoms with van der Waals surface area (Å²) >= 11 is 0. The van der Waals surface area contributed by atoms with Crippen LogP contribution in [0.3, 0.4) is 0 Å². The highest BCUT2D eigenvalue weighted by atomic mass is 35.7. The maximum atomic E-state index is 10.7. The first-order chi connectivity index (χ1) is 10.2. The predicted molar refractivity (Wildman–Crippen MR) is 69.4 cm³/mol.